The summed E-state index contributed by atoms with van der Waals surface area (Å²) in [5.41, 5.74) is 0.593. The summed E-state index contributed by atoms with van der Waals surface area (Å²) in [7, 11) is 0. The molecule has 0 saturated heterocycles. The highest BCUT2D eigenvalue weighted by Crippen LogP contribution is 2.33. The first-order valence-electron chi connectivity index (χ1n) is 6.05. The summed E-state index contributed by atoms with van der Waals surface area (Å²) < 4.78 is 39.6. The Balaban J connectivity index is 2.22. The van der Waals surface area contributed by atoms with Crippen LogP contribution in [0.25, 0.3) is 16.9 Å². The number of benzene rings is 1. The molecule has 0 fully saturated rings. The van der Waals surface area contributed by atoms with E-state index in [-0.39, 0.29) is 10.8 Å². The summed E-state index contributed by atoms with van der Waals surface area (Å²) in [5.74, 6) is 0.834. The predicted molar refractivity (Wildman–Crippen MR) is 73.6 cm³/mol. The van der Waals surface area contributed by atoms with Crippen LogP contribution in [0.15, 0.2) is 36.5 Å². The average molecular weight is 312 g/mol. The summed E-state index contributed by atoms with van der Waals surface area (Å²) in [6.07, 6.45) is -3.70. The van der Waals surface area contributed by atoms with E-state index in [2.05, 4.69) is 9.97 Å². The summed E-state index contributed by atoms with van der Waals surface area (Å²) in [5, 5.41) is -0.0731. The van der Waals surface area contributed by atoms with Crippen molar-refractivity contribution >= 4 is 22.6 Å². The molecule has 0 aliphatic rings. The van der Waals surface area contributed by atoms with E-state index in [4.69, 9.17) is 11.6 Å². The maximum absolute atomic E-state index is 12.7. The molecule has 0 atom stereocenters. The van der Waals surface area contributed by atoms with Crippen molar-refractivity contribution in [1.29, 1.82) is 0 Å². The molecular weight excluding hydrogens is 303 g/mol. The lowest BCUT2D eigenvalue weighted by atomic mass is 10.2. The molecule has 0 bridgehead atoms. The third-order valence-electron chi connectivity index (χ3n) is 3.09. The Morgan fingerprint density at radius 1 is 1.19 bits per heavy atom. The molecule has 0 aliphatic heterocycles. The highest BCUT2D eigenvalue weighted by atomic mass is 35.5. The molecule has 0 amide bonds. The van der Waals surface area contributed by atoms with Gasteiger partial charge in [-0.25, -0.2) is 9.97 Å². The largest absolute Gasteiger partial charge is 0.417 e. The Bertz CT molecular complexity index is 824. The van der Waals surface area contributed by atoms with Gasteiger partial charge in [0.15, 0.2) is 5.82 Å². The fourth-order valence-corrected chi connectivity index (χ4v) is 2.41. The molecule has 0 spiro atoms. The number of hydrogen-bond acceptors (Lipinski definition) is 2. The van der Waals surface area contributed by atoms with Gasteiger partial charge in [0.05, 0.1) is 21.6 Å². The van der Waals surface area contributed by atoms with Crippen LogP contribution in [-0.2, 0) is 6.18 Å². The van der Waals surface area contributed by atoms with Gasteiger partial charge in [-0.3, -0.25) is 4.57 Å². The summed E-state index contributed by atoms with van der Waals surface area (Å²) in [4.78, 5) is 8.21. The van der Waals surface area contributed by atoms with Crippen LogP contribution in [0.5, 0.6) is 0 Å². The van der Waals surface area contributed by atoms with Gasteiger partial charge in [0.25, 0.3) is 0 Å². The molecule has 0 saturated carbocycles. The maximum atomic E-state index is 12.7. The predicted octanol–water partition coefficient (Wildman–Crippen LogP) is 4.40. The Kier molecular flexibility index (Phi) is 3.13. The highest BCUT2D eigenvalue weighted by molar-refractivity contribution is 6.32. The Morgan fingerprint density at radius 2 is 1.90 bits per heavy atom. The van der Waals surface area contributed by atoms with Gasteiger partial charge < -0.3 is 0 Å². The second-order valence-electron chi connectivity index (χ2n) is 4.51. The van der Waals surface area contributed by atoms with E-state index >= 15 is 0 Å². The zero-order valence-corrected chi connectivity index (χ0v) is 11.6. The number of aryl methyl sites for hydroxylation is 1. The van der Waals surface area contributed by atoms with Gasteiger partial charge in [-0.05, 0) is 25.1 Å². The standard InChI is InChI=1S/C14H9ClF3N3/c1-8-20-11-4-2-3-5-12(11)21(8)13-10(15)6-9(7-19-13)14(16,17)18/h2-7H,1H3. The van der Waals surface area contributed by atoms with Gasteiger partial charge in [0.1, 0.15) is 5.82 Å². The summed E-state index contributed by atoms with van der Waals surface area (Å²) >= 11 is 5.99. The van der Waals surface area contributed by atoms with E-state index in [0.717, 1.165) is 23.3 Å². The number of nitrogens with zero attached hydrogens (tertiary/aromatic N) is 3. The molecule has 7 heteroatoms. The molecule has 0 aliphatic carbocycles. The van der Waals surface area contributed by atoms with Crippen molar-refractivity contribution in [2.45, 2.75) is 13.1 Å². The lowest BCUT2D eigenvalue weighted by Crippen LogP contribution is -2.08. The monoisotopic (exact) mass is 311 g/mol. The first-order valence-corrected chi connectivity index (χ1v) is 6.43. The number of rotatable bonds is 1. The molecule has 2 heterocycles. The molecule has 3 rings (SSSR count). The van der Waals surface area contributed by atoms with Crippen LogP contribution in [0.1, 0.15) is 11.4 Å². The number of para-hydroxylation sites is 2. The number of imidazole rings is 1. The molecule has 21 heavy (non-hydrogen) atoms. The lowest BCUT2D eigenvalue weighted by Gasteiger charge is -2.11. The number of aromatic nitrogens is 3. The van der Waals surface area contributed by atoms with Crippen molar-refractivity contribution in [3.05, 3.63) is 52.9 Å². The van der Waals surface area contributed by atoms with Crippen LogP contribution in [-0.4, -0.2) is 14.5 Å². The number of halogens is 4. The van der Waals surface area contributed by atoms with Crippen LogP contribution < -0.4 is 0 Å². The van der Waals surface area contributed by atoms with Crippen LogP contribution in [0.2, 0.25) is 5.02 Å². The SMILES string of the molecule is Cc1nc2ccccc2n1-c1ncc(C(F)(F)F)cc1Cl. The molecule has 108 valence electrons. The number of fused-ring (bicyclic) bond motifs is 1. The third kappa shape index (κ3) is 2.35. The average Bonchev–Trinajstić information content (AvgIpc) is 2.74. The van der Waals surface area contributed by atoms with Crippen molar-refractivity contribution in [3.63, 3.8) is 0 Å². The van der Waals surface area contributed by atoms with Crippen LogP contribution in [0.3, 0.4) is 0 Å². The zero-order valence-electron chi connectivity index (χ0n) is 10.8. The molecular formula is C14H9ClF3N3. The van der Waals surface area contributed by atoms with Crippen molar-refractivity contribution < 1.29 is 13.2 Å². The van der Waals surface area contributed by atoms with Crippen molar-refractivity contribution in [2.24, 2.45) is 0 Å². The molecule has 2 aromatic heterocycles. The van der Waals surface area contributed by atoms with Crippen LogP contribution in [0.4, 0.5) is 13.2 Å². The zero-order chi connectivity index (χ0) is 15.2. The maximum Gasteiger partial charge on any atom is 0.417 e. The van der Waals surface area contributed by atoms with Crippen LogP contribution >= 0.6 is 11.6 Å². The first kappa shape index (κ1) is 13.9. The fraction of sp³-hybridized carbons (Fsp3) is 0.143. The van der Waals surface area contributed by atoms with Gasteiger partial charge in [-0.15, -0.1) is 0 Å². The minimum atomic E-state index is -4.47. The van der Waals surface area contributed by atoms with E-state index < -0.39 is 11.7 Å². The second kappa shape index (κ2) is 4.73. The van der Waals surface area contributed by atoms with Gasteiger partial charge in [-0.2, -0.15) is 13.2 Å². The Labute approximate surface area is 123 Å². The van der Waals surface area contributed by atoms with Crippen molar-refractivity contribution in [2.75, 3.05) is 0 Å². The quantitative estimate of drug-likeness (QED) is 0.667. The normalized spacial score (nSPS) is 12.0. The van der Waals surface area contributed by atoms with Gasteiger partial charge >= 0.3 is 6.18 Å². The second-order valence-corrected chi connectivity index (χ2v) is 4.92. The Hall–Kier alpha value is -2.08. The van der Waals surface area contributed by atoms with E-state index in [1.807, 2.05) is 24.3 Å². The lowest BCUT2D eigenvalue weighted by molar-refractivity contribution is -0.137. The minimum Gasteiger partial charge on any atom is -0.279 e. The topological polar surface area (TPSA) is 30.7 Å². The minimum absolute atomic E-state index is 0.0731. The van der Waals surface area contributed by atoms with E-state index in [1.165, 1.54) is 0 Å². The van der Waals surface area contributed by atoms with Gasteiger partial charge in [-0.1, -0.05) is 23.7 Å². The van der Waals surface area contributed by atoms with Gasteiger partial charge in [0.2, 0.25) is 0 Å². The number of hydrogen-bond donors (Lipinski definition) is 0. The Morgan fingerprint density at radius 3 is 2.57 bits per heavy atom. The van der Waals surface area contributed by atoms with Crippen LogP contribution in [0, 0.1) is 6.92 Å². The molecule has 3 nitrogen and oxygen atoms in total. The smallest absolute Gasteiger partial charge is 0.279 e. The summed E-state index contributed by atoms with van der Waals surface area (Å²) in [6.45, 7) is 1.75. The van der Waals surface area contributed by atoms with E-state index in [9.17, 15) is 13.2 Å². The van der Waals surface area contributed by atoms with E-state index in [1.54, 1.807) is 11.5 Å². The van der Waals surface area contributed by atoms with Crippen molar-refractivity contribution in [1.82, 2.24) is 14.5 Å². The molecule has 0 N–H and O–H groups in total. The third-order valence-corrected chi connectivity index (χ3v) is 3.37. The van der Waals surface area contributed by atoms with Gasteiger partial charge in [0, 0.05) is 6.20 Å². The molecule has 1 aromatic carbocycles. The number of pyridine rings is 1. The van der Waals surface area contributed by atoms with E-state index in [0.29, 0.717) is 5.82 Å². The highest BCUT2D eigenvalue weighted by Gasteiger charge is 2.32. The molecule has 0 unspecified atom stereocenters. The summed E-state index contributed by atoms with van der Waals surface area (Å²) in [6, 6.07) is 8.15. The molecule has 3 aromatic rings. The first-order chi connectivity index (χ1) is 9.88. The fourth-order valence-electron chi connectivity index (χ4n) is 2.16. The number of alkyl halides is 3. The molecule has 0 radical (unpaired) electrons. The van der Waals surface area contributed by atoms with Crippen molar-refractivity contribution in [3.8, 4) is 5.82 Å².